The van der Waals surface area contributed by atoms with E-state index in [0.717, 1.165) is 6.20 Å². The van der Waals surface area contributed by atoms with Crippen molar-refractivity contribution in [1.82, 2.24) is 9.97 Å². The van der Waals surface area contributed by atoms with Crippen LogP contribution in [0, 0.1) is 22.9 Å². The third kappa shape index (κ3) is 2.78. The van der Waals surface area contributed by atoms with Crippen LogP contribution in [0.4, 0.5) is 16.0 Å². The molecule has 0 unspecified atom stereocenters. The highest BCUT2D eigenvalue weighted by Crippen LogP contribution is 2.29. The number of halogens is 1. The van der Waals surface area contributed by atoms with Crippen LogP contribution in [0.2, 0.25) is 0 Å². The quantitative estimate of drug-likeness (QED) is 0.498. The van der Waals surface area contributed by atoms with Gasteiger partial charge in [-0.3, -0.25) is 15.5 Å². The number of aryl methyl sites for hydroxylation is 1. The second-order valence-electron chi connectivity index (χ2n) is 3.80. The predicted octanol–water partition coefficient (Wildman–Crippen LogP) is 1.91. The van der Waals surface area contributed by atoms with Crippen molar-refractivity contribution < 1.29 is 14.1 Å². The van der Waals surface area contributed by atoms with Gasteiger partial charge < -0.3 is 4.74 Å². The first-order chi connectivity index (χ1) is 9.51. The molecule has 3 N–H and O–H groups in total. The lowest BCUT2D eigenvalue weighted by atomic mass is 10.2. The molecule has 1 aromatic carbocycles. The summed E-state index contributed by atoms with van der Waals surface area (Å²) in [5.74, 6) is 4.01. The lowest BCUT2D eigenvalue weighted by Crippen LogP contribution is -2.11. The Morgan fingerprint density at radius 1 is 1.50 bits per heavy atom. The van der Waals surface area contributed by atoms with Crippen LogP contribution in [-0.2, 0) is 0 Å². The molecule has 0 radical (unpaired) electrons. The van der Waals surface area contributed by atoms with E-state index in [-0.39, 0.29) is 23.3 Å². The number of non-ortho nitro benzene ring substituents is 1. The van der Waals surface area contributed by atoms with Crippen molar-refractivity contribution in [2.45, 2.75) is 6.92 Å². The van der Waals surface area contributed by atoms with Crippen LogP contribution in [0.1, 0.15) is 5.56 Å². The smallest absolute Gasteiger partial charge is 0.273 e. The third-order valence-electron chi connectivity index (χ3n) is 2.43. The van der Waals surface area contributed by atoms with Crippen LogP contribution in [0.15, 0.2) is 24.4 Å². The molecule has 1 aromatic heterocycles. The Hall–Kier alpha value is -2.81. The molecule has 0 aliphatic carbocycles. The van der Waals surface area contributed by atoms with E-state index in [2.05, 4.69) is 15.4 Å². The highest BCUT2D eigenvalue weighted by atomic mass is 19.1. The number of hydrogen-bond acceptors (Lipinski definition) is 7. The summed E-state index contributed by atoms with van der Waals surface area (Å²) < 4.78 is 18.8. The minimum Gasteiger partial charge on any atom is -0.436 e. The van der Waals surface area contributed by atoms with Gasteiger partial charge in [0.1, 0.15) is 5.75 Å². The summed E-state index contributed by atoms with van der Waals surface area (Å²) in [5, 5.41) is 10.7. The molecular weight excluding hydrogens is 269 g/mol. The average Bonchev–Trinajstić information content (AvgIpc) is 2.43. The number of rotatable bonds is 4. The summed E-state index contributed by atoms with van der Waals surface area (Å²) in [6.07, 6.45) is 0.879. The number of anilines is 1. The Bertz CT molecular complexity index is 665. The van der Waals surface area contributed by atoms with E-state index in [9.17, 15) is 14.5 Å². The Labute approximate surface area is 112 Å². The molecule has 0 saturated heterocycles. The minimum atomic E-state index is -0.810. The fourth-order valence-electron chi connectivity index (χ4n) is 1.41. The molecule has 0 aliphatic rings. The number of nitro groups is 1. The van der Waals surface area contributed by atoms with Crippen LogP contribution < -0.4 is 16.0 Å². The highest BCUT2D eigenvalue weighted by Gasteiger charge is 2.14. The number of benzene rings is 1. The molecule has 0 fully saturated rings. The number of nitro benzene ring substituents is 1. The van der Waals surface area contributed by atoms with Gasteiger partial charge in [0.2, 0.25) is 11.8 Å². The first kappa shape index (κ1) is 13.6. The second kappa shape index (κ2) is 5.45. The monoisotopic (exact) mass is 279 g/mol. The lowest BCUT2D eigenvalue weighted by Gasteiger charge is -2.09. The average molecular weight is 279 g/mol. The molecule has 2 aromatic rings. The van der Waals surface area contributed by atoms with E-state index in [1.54, 1.807) is 6.92 Å². The summed E-state index contributed by atoms with van der Waals surface area (Å²) in [5.41, 5.74) is 2.57. The van der Waals surface area contributed by atoms with Crippen LogP contribution in [-0.4, -0.2) is 14.9 Å². The van der Waals surface area contributed by atoms with Crippen LogP contribution in [0.3, 0.4) is 0 Å². The molecule has 0 atom stereocenters. The summed E-state index contributed by atoms with van der Waals surface area (Å²) in [7, 11) is 0. The number of nitrogen functional groups attached to an aromatic ring is 1. The summed E-state index contributed by atoms with van der Waals surface area (Å²) in [6, 6.07) is 4.01. The molecular formula is C11H10FN5O3. The summed E-state index contributed by atoms with van der Waals surface area (Å²) in [6.45, 7) is 1.67. The fraction of sp³-hybridized carbons (Fsp3) is 0.0909. The standard InChI is InChI=1S/C11H10FN5O3/c1-6-2-3-7(17(18)19)4-9(6)20-10-8(12)5-14-11(15-10)16-13/h2-5H,13H2,1H3,(H,14,15,16). The predicted molar refractivity (Wildman–Crippen MR) is 67.7 cm³/mol. The Kier molecular flexibility index (Phi) is 3.71. The van der Waals surface area contributed by atoms with Crippen molar-refractivity contribution in [3.05, 3.63) is 45.9 Å². The molecule has 104 valence electrons. The van der Waals surface area contributed by atoms with Crippen LogP contribution >= 0.6 is 0 Å². The third-order valence-corrected chi connectivity index (χ3v) is 2.43. The van der Waals surface area contributed by atoms with Gasteiger partial charge in [0, 0.05) is 6.07 Å². The van der Waals surface area contributed by atoms with E-state index in [1.807, 2.05) is 0 Å². The Balaban J connectivity index is 2.38. The molecule has 0 bridgehead atoms. The first-order valence-corrected chi connectivity index (χ1v) is 5.43. The van der Waals surface area contributed by atoms with Crippen LogP contribution in [0.5, 0.6) is 11.6 Å². The molecule has 0 saturated carbocycles. The van der Waals surface area contributed by atoms with Gasteiger partial charge in [0.25, 0.3) is 11.6 Å². The van der Waals surface area contributed by atoms with Crippen molar-refractivity contribution in [2.24, 2.45) is 5.84 Å². The largest absolute Gasteiger partial charge is 0.436 e. The minimum absolute atomic E-state index is 0.0375. The van der Waals surface area contributed by atoms with Crippen molar-refractivity contribution in [1.29, 1.82) is 0 Å². The van der Waals surface area contributed by atoms with Gasteiger partial charge >= 0.3 is 0 Å². The van der Waals surface area contributed by atoms with Crippen molar-refractivity contribution >= 4 is 11.6 Å². The zero-order chi connectivity index (χ0) is 14.7. The maximum Gasteiger partial charge on any atom is 0.273 e. The number of hydrazine groups is 1. The fourth-order valence-corrected chi connectivity index (χ4v) is 1.41. The van der Waals surface area contributed by atoms with E-state index < -0.39 is 10.7 Å². The number of nitrogens with two attached hydrogens (primary N) is 1. The molecule has 1 heterocycles. The van der Waals surface area contributed by atoms with Gasteiger partial charge in [-0.2, -0.15) is 9.37 Å². The number of nitrogens with one attached hydrogen (secondary N) is 1. The van der Waals surface area contributed by atoms with E-state index in [4.69, 9.17) is 10.6 Å². The molecule has 8 nitrogen and oxygen atoms in total. The molecule has 0 spiro atoms. The molecule has 20 heavy (non-hydrogen) atoms. The molecule has 0 aliphatic heterocycles. The zero-order valence-corrected chi connectivity index (χ0v) is 10.3. The van der Waals surface area contributed by atoms with Gasteiger partial charge in [0.15, 0.2) is 0 Å². The SMILES string of the molecule is Cc1ccc([N+](=O)[O-])cc1Oc1nc(NN)ncc1F. The number of ether oxygens (including phenoxy) is 1. The van der Waals surface area contributed by atoms with E-state index in [1.165, 1.54) is 18.2 Å². The Morgan fingerprint density at radius 3 is 2.90 bits per heavy atom. The van der Waals surface area contributed by atoms with Gasteiger partial charge in [-0.05, 0) is 18.6 Å². The normalized spacial score (nSPS) is 10.2. The molecule has 9 heteroatoms. The Morgan fingerprint density at radius 2 is 2.25 bits per heavy atom. The lowest BCUT2D eigenvalue weighted by molar-refractivity contribution is -0.384. The second-order valence-corrected chi connectivity index (χ2v) is 3.80. The topological polar surface area (TPSA) is 116 Å². The highest BCUT2D eigenvalue weighted by molar-refractivity contribution is 5.45. The van der Waals surface area contributed by atoms with Crippen molar-refractivity contribution in [3.8, 4) is 11.6 Å². The van der Waals surface area contributed by atoms with Gasteiger partial charge in [-0.1, -0.05) is 0 Å². The maximum absolute atomic E-state index is 13.5. The van der Waals surface area contributed by atoms with E-state index in [0.29, 0.717) is 5.56 Å². The van der Waals surface area contributed by atoms with Gasteiger partial charge in [0.05, 0.1) is 17.2 Å². The molecule has 0 amide bonds. The number of nitrogens with zero attached hydrogens (tertiary/aromatic N) is 3. The number of hydrogen-bond donors (Lipinski definition) is 2. The number of aromatic nitrogens is 2. The van der Waals surface area contributed by atoms with Gasteiger partial charge in [-0.15, -0.1) is 0 Å². The maximum atomic E-state index is 13.5. The van der Waals surface area contributed by atoms with Crippen LogP contribution in [0.25, 0.3) is 0 Å². The first-order valence-electron chi connectivity index (χ1n) is 5.43. The zero-order valence-electron chi connectivity index (χ0n) is 10.3. The van der Waals surface area contributed by atoms with Crippen molar-refractivity contribution in [3.63, 3.8) is 0 Å². The van der Waals surface area contributed by atoms with Gasteiger partial charge in [-0.25, -0.2) is 10.8 Å². The molecule has 2 rings (SSSR count). The van der Waals surface area contributed by atoms with E-state index >= 15 is 0 Å². The van der Waals surface area contributed by atoms with Crippen molar-refractivity contribution in [2.75, 3.05) is 5.43 Å². The summed E-state index contributed by atoms with van der Waals surface area (Å²) in [4.78, 5) is 17.4. The summed E-state index contributed by atoms with van der Waals surface area (Å²) >= 11 is 0.